The number of aromatic nitrogens is 2. The maximum Gasteiger partial charge on any atom is 0.227 e. The van der Waals surface area contributed by atoms with Crippen molar-refractivity contribution in [3.05, 3.63) is 78.0 Å². The van der Waals surface area contributed by atoms with Crippen LogP contribution in [0.15, 0.2) is 60.8 Å². The molecule has 6 nitrogen and oxygen atoms in total. The standard InChI is InChI=1S/C23H23F2N5O/c24-17-7-5-16(6-8-17)15-22(31)27-18-10-13-30(14-11-18)23-26-12-9-21(29-23)28-20-4-2-1-3-19(20)25/h1-9,12,18H,10-11,13-15H2,(H,27,31)(H,26,28,29). The molecule has 8 heteroatoms. The monoisotopic (exact) mass is 423 g/mol. The van der Waals surface area contributed by atoms with E-state index >= 15 is 0 Å². The third kappa shape index (κ3) is 5.53. The molecule has 1 fully saturated rings. The Labute approximate surface area is 179 Å². The van der Waals surface area contributed by atoms with Crippen LogP contribution in [0.5, 0.6) is 0 Å². The summed E-state index contributed by atoms with van der Waals surface area (Å²) < 4.78 is 26.9. The summed E-state index contributed by atoms with van der Waals surface area (Å²) in [5, 5.41) is 6.03. The molecule has 0 spiro atoms. The van der Waals surface area contributed by atoms with Crippen LogP contribution in [0.25, 0.3) is 0 Å². The maximum atomic E-state index is 13.9. The first-order chi connectivity index (χ1) is 15.1. The molecule has 1 amide bonds. The smallest absolute Gasteiger partial charge is 0.227 e. The lowest BCUT2D eigenvalue weighted by Gasteiger charge is -2.32. The molecule has 2 heterocycles. The number of rotatable bonds is 6. The fourth-order valence-electron chi connectivity index (χ4n) is 3.56. The minimum atomic E-state index is -0.347. The normalized spacial score (nSPS) is 14.3. The lowest BCUT2D eigenvalue weighted by atomic mass is 10.0. The van der Waals surface area contributed by atoms with Crippen molar-refractivity contribution in [1.29, 1.82) is 0 Å². The highest BCUT2D eigenvalue weighted by Gasteiger charge is 2.22. The largest absolute Gasteiger partial charge is 0.353 e. The Bertz CT molecular complexity index is 1040. The number of nitrogens with zero attached hydrogens (tertiary/aromatic N) is 3. The summed E-state index contributed by atoms with van der Waals surface area (Å²) in [6.07, 6.45) is 3.41. The van der Waals surface area contributed by atoms with E-state index in [2.05, 4.69) is 25.5 Å². The molecular formula is C23H23F2N5O. The fourth-order valence-corrected chi connectivity index (χ4v) is 3.56. The number of nitrogens with one attached hydrogen (secondary N) is 2. The number of piperidine rings is 1. The van der Waals surface area contributed by atoms with Crippen molar-refractivity contribution in [2.24, 2.45) is 0 Å². The second-order valence-corrected chi connectivity index (χ2v) is 7.48. The molecule has 2 N–H and O–H groups in total. The van der Waals surface area contributed by atoms with Crippen LogP contribution in [-0.4, -0.2) is 35.0 Å². The number of para-hydroxylation sites is 1. The number of carbonyl (C=O) groups excluding carboxylic acids is 1. The van der Waals surface area contributed by atoms with Crippen molar-refractivity contribution < 1.29 is 13.6 Å². The first-order valence-electron chi connectivity index (χ1n) is 10.2. The van der Waals surface area contributed by atoms with Crippen molar-refractivity contribution in [2.45, 2.75) is 25.3 Å². The fraction of sp³-hybridized carbons (Fsp3) is 0.261. The summed E-state index contributed by atoms with van der Waals surface area (Å²) in [4.78, 5) is 23.2. The third-order valence-corrected chi connectivity index (χ3v) is 5.20. The Morgan fingerprint density at radius 3 is 2.52 bits per heavy atom. The topological polar surface area (TPSA) is 70.2 Å². The van der Waals surface area contributed by atoms with Gasteiger partial charge in [-0.3, -0.25) is 4.79 Å². The number of amides is 1. The summed E-state index contributed by atoms with van der Waals surface area (Å²) in [5.74, 6) is 0.353. The zero-order valence-corrected chi connectivity index (χ0v) is 16.9. The number of anilines is 3. The summed E-state index contributed by atoms with van der Waals surface area (Å²) in [6.45, 7) is 1.40. The van der Waals surface area contributed by atoms with Gasteiger partial charge in [0.25, 0.3) is 0 Å². The average molecular weight is 423 g/mol. The molecule has 0 bridgehead atoms. The molecule has 1 aromatic heterocycles. The molecule has 3 aromatic rings. The Morgan fingerprint density at radius 1 is 1.03 bits per heavy atom. The first kappa shape index (κ1) is 20.7. The second kappa shape index (κ2) is 9.51. The molecule has 0 atom stereocenters. The van der Waals surface area contributed by atoms with Gasteiger partial charge in [0.2, 0.25) is 11.9 Å². The van der Waals surface area contributed by atoms with E-state index in [0.29, 0.717) is 30.5 Å². The predicted octanol–water partition coefficient (Wildman–Crippen LogP) is 3.83. The van der Waals surface area contributed by atoms with Gasteiger partial charge in [-0.05, 0) is 48.7 Å². The van der Waals surface area contributed by atoms with E-state index in [-0.39, 0.29) is 30.0 Å². The molecule has 1 aliphatic heterocycles. The van der Waals surface area contributed by atoms with Crippen LogP contribution < -0.4 is 15.5 Å². The number of benzene rings is 2. The summed E-state index contributed by atoms with van der Waals surface area (Å²) >= 11 is 0. The maximum absolute atomic E-state index is 13.9. The lowest BCUT2D eigenvalue weighted by Crippen LogP contribution is -2.45. The van der Waals surface area contributed by atoms with E-state index in [0.717, 1.165) is 18.4 Å². The third-order valence-electron chi connectivity index (χ3n) is 5.20. The molecule has 0 radical (unpaired) electrons. The molecule has 1 saturated heterocycles. The zero-order chi connectivity index (χ0) is 21.6. The molecule has 0 aliphatic carbocycles. The van der Waals surface area contributed by atoms with Crippen LogP contribution in [0.1, 0.15) is 18.4 Å². The predicted molar refractivity (Wildman–Crippen MR) is 115 cm³/mol. The van der Waals surface area contributed by atoms with Gasteiger partial charge in [0.15, 0.2) is 0 Å². The number of hydrogen-bond donors (Lipinski definition) is 2. The molecule has 4 rings (SSSR count). The van der Waals surface area contributed by atoms with Gasteiger partial charge in [0.05, 0.1) is 12.1 Å². The molecular weight excluding hydrogens is 400 g/mol. The summed E-state index contributed by atoms with van der Waals surface area (Å²) in [5.41, 5.74) is 1.14. The Morgan fingerprint density at radius 2 is 1.77 bits per heavy atom. The molecule has 31 heavy (non-hydrogen) atoms. The van der Waals surface area contributed by atoms with E-state index in [9.17, 15) is 13.6 Å². The van der Waals surface area contributed by atoms with Gasteiger partial charge >= 0.3 is 0 Å². The highest BCUT2D eigenvalue weighted by molar-refractivity contribution is 5.78. The summed E-state index contributed by atoms with van der Waals surface area (Å²) in [7, 11) is 0. The van der Waals surface area contributed by atoms with Crippen LogP contribution in [0, 0.1) is 11.6 Å². The number of hydrogen-bond acceptors (Lipinski definition) is 5. The molecule has 2 aromatic carbocycles. The Kier molecular flexibility index (Phi) is 6.35. The van der Waals surface area contributed by atoms with Crippen LogP contribution in [0.3, 0.4) is 0 Å². The lowest BCUT2D eigenvalue weighted by molar-refractivity contribution is -0.121. The van der Waals surface area contributed by atoms with Gasteiger partial charge in [-0.2, -0.15) is 4.98 Å². The highest BCUT2D eigenvalue weighted by atomic mass is 19.1. The zero-order valence-electron chi connectivity index (χ0n) is 16.9. The van der Waals surface area contributed by atoms with Crippen LogP contribution >= 0.6 is 0 Å². The molecule has 160 valence electrons. The minimum Gasteiger partial charge on any atom is -0.353 e. The van der Waals surface area contributed by atoms with Crippen molar-refractivity contribution in [3.8, 4) is 0 Å². The van der Waals surface area contributed by atoms with Crippen LogP contribution in [0.4, 0.5) is 26.2 Å². The Balaban J connectivity index is 1.30. The van der Waals surface area contributed by atoms with Crippen molar-refractivity contribution >= 4 is 23.4 Å². The van der Waals surface area contributed by atoms with Gasteiger partial charge in [0, 0.05) is 25.3 Å². The number of carbonyl (C=O) groups is 1. The summed E-state index contributed by atoms with van der Waals surface area (Å²) in [6, 6.07) is 14.1. The van der Waals surface area contributed by atoms with E-state index in [1.54, 1.807) is 42.6 Å². The second-order valence-electron chi connectivity index (χ2n) is 7.48. The van der Waals surface area contributed by atoms with Crippen LogP contribution in [0.2, 0.25) is 0 Å². The quantitative estimate of drug-likeness (QED) is 0.631. The van der Waals surface area contributed by atoms with E-state index in [1.165, 1.54) is 18.2 Å². The van der Waals surface area contributed by atoms with Gasteiger partial charge in [-0.15, -0.1) is 0 Å². The van der Waals surface area contributed by atoms with Gasteiger partial charge in [-0.1, -0.05) is 24.3 Å². The van der Waals surface area contributed by atoms with E-state index in [1.807, 2.05) is 0 Å². The van der Waals surface area contributed by atoms with Gasteiger partial charge in [-0.25, -0.2) is 13.8 Å². The SMILES string of the molecule is O=C(Cc1ccc(F)cc1)NC1CCN(c2nccc(Nc3ccccc3F)n2)CC1. The van der Waals surface area contributed by atoms with E-state index < -0.39 is 0 Å². The van der Waals surface area contributed by atoms with Gasteiger partial charge < -0.3 is 15.5 Å². The van der Waals surface area contributed by atoms with Crippen molar-refractivity contribution in [1.82, 2.24) is 15.3 Å². The van der Waals surface area contributed by atoms with Crippen LogP contribution in [-0.2, 0) is 11.2 Å². The average Bonchev–Trinajstić information content (AvgIpc) is 2.78. The molecule has 1 aliphatic rings. The Hall–Kier alpha value is -3.55. The van der Waals surface area contributed by atoms with Gasteiger partial charge in [0.1, 0.15) is 17.5 Å². The highest BCUT2D eigenvalue weighted by Crippen LogP contribution is 2.21. The molecule has 0 saturated carbocycles. The molecule has 0 unspecified atom stereocenters. The first-order valence-corrected chi connectivity index (χ1v) is 10.2. The number of halogens is 2. The van der Waals surface area contributed by atoms with E-state index in [4.69, 9.17) is 0 Å². The van der Waals surface area contributed by atoms with Crippen molar-refractivity contribution in [3.63, 3.8) is 0 Å². The minimum absolute atomic E-state index is 0.0719. The van der Waals surface area contributed by atoms with Crippen molar-refractivity contribution in [2.75, 3.05) is 23.3 Å².